The molecule has 2 aromatic rings. The summed E-state index contributed by atoms with van der Waals surface area (Å²) in [6, 6.07) is 11.0. The average Bonchev–Trinajstić information content (AvgIpc) is 2.26. The second-order valence-electron chi connectivity index (χ2n) is 4.24. The second kappa shape index (κ2) is 4.45. The summed E-state index contributed by atoms with van der Waals surface area (Å²) >= 11 is 0. The van der Waals surface area contributed by atoms with Gasteiger partial charge < -0.3 is 10.5 Å². The largest absolute Gasteiger partial charge is 0.459 e. The van der Waals surface area contributed by atoms with E-state index in [1.807, 2.05) is 38.1 Å². The molecular weight excluding hydrogens is 214 g/mol. The van der Waals surface area contributed by atoms with Gasteiger partial charge in [-0.05, 0) is 42.8 Å². The Hall–Kier alpha value is -2.03. The van der Waals surface area contributed by atoms with Crippen molar-refractivity contribution in [3.05, 3.63) is 42.0 Å². The quantitative estimate of drug-likeness (QED) is 0.636. The Morgan fingerprint density at radius 3 is 2.71 bits per heavy atom. The van der Waals surface area contributed by atoms with Gasteiger partial charge in [0.05, 0.1) is 11.7 Å². The fourth-order valence-corrected chi connectivity index (χ4v) is 1.76. The summed E-state index contributed by atoms with van der Waals surface area (Å²) in [4.78, 5) is 11.9. The highest BCUT2D eigenvalue weighted by Gasteiger charge is 2.12. The summed E-state index contributed by atoms with van der Waals surface area (Å²) in [5.74, 6) is -0.296. The Labute approximate surface area is 100 Å². The third kappa shape index (κ3) is 2.38. The highest BCUT2D eigenvalue weighted by atomic mass is 16.5. The van der Waals surface area contributed by atoms with Gasteiger partial charge in [-0.25, -0.2) is 4.79 Å². The summed E-state index contributed by atoms with van der Waals surface area (Å²) in [5, 5.41) is 1.82. The van der Waals surface area contributed by atoms with Crippen LogP contribution < -0.4 is 5.73 Å². The van der Waals surface area contributed by atoms with Crippen molar-refractivity contribution in [1.82, 2.24) is 0 Å². The molecule has 0 radical (unpaired) electrons. The van der Waals surface area contributed by atoms with Crippen LogP contribution in [0.5, 0.6) is 0 Å². The topological polar surface area (TPSA) is 52.3 Å². The van der Waals surface area contributed by atoms with Gasteiger partial charge in [0.15, 0.2) is 0 Å². The number of nitrogen functional groups attached to an aromatic ring is 1. The van der Waals surface area contributed by atoms with Crippen LogP contribution in [0.2, 0.25) is 0 Å². The van der Waals surface area contributed by atoms with E-state index in [0.29, 0.717) is 11.3 Å². The van der Waals surface area contributed by atoms with Crippen LogP contribution >= 0.6 is 0 Å². The number of anilines is 1. The van der Waals surface area contributed by atoms with Crippen molar-refractivity contribution < 1.29 is 9.53 Å². The molecule has 88 valence electrons. The zero-order valence-electron chi connectivity index (χ0n) is 9.94. The zero-order valence-corrected chi connectivity index (χ0v) is 9.94. The first-order chi connectivity index (χ1) is 8.08. The Morgan fingerprint density at radius 2 is 2.00 bits per heavy atom. The van der Waals surface area contributed by atoms with Gasteiger partial charge in [-0.3, -0.25) is 0 Å². The van der Waals surface area contributed by atoms with Crippen molar-refractivity contribution in [3.63, 3.8) is 0 Å². The first-order valence-electron chi connectivity index (χ1n) is 5.57. The van der Waals surface area contributed by atoms with Gasteiger partial charge in [-0.15, -0.1) is 0 Å². The lowest BCUT2D eigenvalue weighted by molar-refractivity contribution is 0.0380. The Morgan fingerprint density at radius 1 is 1.24 bits per heavy atom. The summed E-state index contributed by atoms with van der Waals surface area (Å²) in [6.07, 6.45) is -0.119. The molecule has 0 spiro atoms. The molecule has 3 nitrogen and oxygen atoms in total. The molecule has 0 aliphatic carbocycles. The van der Waals surface area contributed by atoms with Gasteiger partial charge >= 0.3 is 5.97 Å². The number of hydrogen-bond acceptors (Lipinski definition) is 3. The number of benzene rings is 2. The van der Waals surface area contributed by atoms with E-state index < -0.39 is 0 Å². The molecule has 0 saturated carbocycles. The molecule has 17 heavy (non-hydrogen) atoms. The van der Waals surface area contributed by atoms with Crippen molar-refractivity contribution in [2.24, 2.45) is 0 Å². The Balaban J connectivity index is 2.51. The first-order valence-corrected chi connectivity index (χ1v) is 5.57. The highest BCUT2D eigenvalue weighted by molar-refractivity contribution is 6.05. The molecule has 2 aromatic carbocycles. The van der Waals surface area contributed by atoms with Crippen molar-refractivity contribution in [2.75, 3.05) is 5.73 Å². The van der Waals surface area contributed by atoms with Crippen LogP contribution in [-0.4, -0.2) is 12.1 Å². The van der Waals surface area contributed by atoms with Crippen LogP contribution in [0.4, 0.5) is 5.69 Å². The number of fused-ring (bicyclic) bond motifs is 1. The summed E-state index contributed by atoms with van der Waals surface area (Å²) < 4.78 is 5.20. The van der Waals surface area contributed by atoms with Crippen LogP contribution in [0, 0.1) is 0 Å². The van der Waals surface area contributed by atoms with Crippen LogP contribution in [0.25, 0.3) is 10.8 Å². The third-order valence-electron chi connectivity index (χ3n) is 2.47. The number of ether oxygens (including phenoxy) is 1. The molecule has 0 heterocycles. The van der Waals surface area contributed by atoms with E-state index in [1.54, 1.807) is 12.1 Å². The van der Waals surface area contributed by atoms with E-state index in [9.17, 15) is 4.79 Å². The third-order valence-corrected chi connectivity index (χ3v) is 2.47. The van der Waals surface area contributed by atoms with Crippen molar-refractivity contribution in [3.8, 4) is 0 Å². The van der Waals surface area contributed by atoms with Gasteiger partial charge in [0, 0.05) is 5.69 Å². The minimum absolute atomic E-state index is 0.119. The van der Waals surface area contributed by atoms with E-state index in [1.165, 1.54) is 0 Å². The molecule has 0 aliphatic heterocycles. The van der Waals surface area contributed by atoms with Gasteiger partial charge in [0.1, 0.15) is 0 Å². The molecule has 0 aliphatic rings. The predicted octanol–water partition coefficient (Wildman–Crippen LogP) is 2.99. The van der Waals surface area contributed by atoms with E-state index in [0.717, 1.165) is 10.8 Å². The molecule has 0 atom stereocenters. The van der Waals surface area contributed by atoms with Crippen molar-refractivity contribution >= 4 is 22.4 Å². The fourth-order valence-electron chi connectivity index (χ4n) is 1.76. The first kappa shape index (κ1) is 11.5. The summed E-state index contributed by atoms with van der Waals surface area (Å²) in [5.41, 5.74) is 6.98. The minimum Gasteiger partial charge on any atom is -0.459 e. The monoisotopic (exact) mass is 229 g/mol. The standard InChI is InChI=1S/C14H15NO2/c1-9(2)17-14(16)13-5-3-4-10-8-11(15)6-7-12(10)13/h3-9H,15H2,1-2H3. The lowest BCUT2D eigenvalue weighted by atomic mass is 10.0. The molecule has 0 bridgehead atoms. The van der Waals surface area contributed by atoms with E-state index >= 15 is 0 Å². The molecule has 3 heteroatoms. The maximum atomic E-state index is 11.9. The predicted molar refractivity (Wildman–Crippen MR) is 68.9 cm³/mol. The lowest BCUT2D eigenvalue weighted by Gasteiger charge is -2.10. The second-order valence-corrected chi connectivity index (χ2v) is 4.24. The number of rotatable bonds is 2. The normalized spacial score (nSPS) is 10.8. The highest BCUT2D eigenvalue weighted by Crippen LogP contribution is 2.22. The zero-order chi connectivity index (χ0) is 12.4. The van der Waals surface area contributed by atoms with Gasteiger partial charge in [0.25, 0.3) is 0 Å². The number of carbonyl (C=O) groups excluding carboxylic acids is 1. The van der Waals surface area contributed by atoms with Gasteiger partial charge in [-0.2, -0.15) is 0 Å². The minimum atomic E-state index is -0.296. The van der Waals surface area contributed by atoms with Crippen molar-refractivity contribution in [2.45, 2.75) is 20.0 Å². The number of carbonyl (C=O) groups is 1. The van der Waals surface area contributed by atoms with Crippen LogP contribution in [0.1, 0.15) is 24.2 Å². The van der Waals surface area contributed by atoms with E-state index in [-0.39, 0.29) is 12.1 Å². The number of esters is 1. The maximum Gasteiger partial charge on any atom is 0.339 e. The SMILES string of the molecule is CC(C)OC(=O)c1cccc2cc(N)ccc12. The maximum absolute atomic E-state index is 11.9. The molecule has 2 N–H and O–H groups in total. The van der Waals surface area contributed by atoms with Crippen LogP contribution in [-0.2, 0) is 4.74 Å². The van der Waals surface area contributed by atoms with E-state index in [2.05, 4.69) is 0 Å². The number of nitrogens with two attached hydrogens (primary N) is 1. The Kier molecular flexibility index (Phi) is 3.00. The van der Waals surface area contributed by atoms with Crippen LogP contribution in [0.3, 0.4) is 0 Å². The Bertz CT molecular complexity index is 561. The summed E-state index contributed by atoms with van der Waals surface area (Å²) in [6.45, 7) is 3.67. The smallest absolute Gasteiger partial charge is 0.339 e. The molecule has 0 fully saturated rings. The van der Waals surface area contributed by atoms with Crippen molar-refractivity contribution in [1.29, 1.82) is 0 Å². The van der Waals surface area contributed by atoms with Gasteiger partial charge in [0.2, 0.25) is 0 Å². The average molecular weight is 229 g/mol. The molecule has 0 saturated heterocycles. The molecule has 0 aromatic heterocycles. The fraction of sp³-hybridized carbons (Fsp3) is 0.214. The van der Waals surface area contributed by atoms with E-state index in [4.69, 9.17) is 10.5 Å². The molecular formula is C14H15NO2. The molecule has 0 amide bonds. The van der Waals surface area contributed by atoms with Gasteiger partial charge in [-0.1, -0.05) is 18.2 Å². The molecule has 0 unspecified atom stereocenters. The van der Waals surface area contributed by atoms with Crippen LogP contribution in [0.15, 0.2) is 36.4 Å². The summed E-state index contributed by atoms with van der Waals surface area (Å²) in [7, 11) is 0. The number of hydrogen-bond donors (Lipinski definition) is 1. The lowest BCUT2D eigenvalue weighted by Crippen LogP contribution is -2.11. The molecule has 2 rings (SSSR count).